The van der Waals surface area contributed by atoms with Crippen molar-refractivity contribution in [2.75, 3.05) is 12.4 Å². The van der Waals surface area contributed by atoms with Crippen molar-refractivity contribution in [3.63, 3.8) is 0 Å². The van der Waals surface area contributed by atoms with Gasteiger partial charge in [0.05, 0.1) is 28.9 Å². The Kier molecular flexibility index (Phi) is 4.39. The second-order valence-electron chi connectivity index (χ2n) is 4.08. The fourth-order valence-corrected chi connectivity index (χ4v) is 1.78. The van der Waals surface area contributed by atoms with Gasteiger partial charge in [-0.1, -0.05) is 11.6 Å². The average Bonchev–Trinajstić information content (AvgIpc) is 2.49. The number of benzene rings is 1. The minimum atomic E-state index is -0.536. The summed E-state index contributed by atoms with van der Waals surface area (Å²) in [6, 6.07) is 7.01. The third-order valence-corrected chi connectivity index (χ3v) is 3.01. The lowest BCUT2D eigenvalue weighted by molar-refractivity contribution is 0.0600. The van der Waals surface area contributed by atoms with Crippen LogP contribution in [-0.4, -0.2) is 24.0 Å². The first-order chi connectivity index (χ1) is 10.0. The first-order valence-electron chi connectivity index (χ1n) is 5.89. The number of anilines is 1. The Morgan fingerprint density at radius 2 is 1.90 bits per heavy atom. The van der Waals surface area contributed by atoms with Gasteiger partial charge in [-0.3, -0.25) is 9.59 Å². The molecule has 0 saturated heterocycles. The van der Waals surface area contributed by atoms with Crippen LogP contribution in [0.15, 0.2) is 41.3 Å². The van der Waals surface area contributed by atoms with Crippen LogP contribution in [-0.2, 0) is 4.74 Å². The highest BCUT2D eigenvalue weighted by atomic mass is 35.5. The van der Waals surface area contributed by atoms with E-state index in [1.54, 1.807) is 0 Å². The number of H-pyrrole nitrogens is 1. The van der Waals surface area contributed by atoms with Crippen molar-refractivity contribution in [2.45, 2.75) is 0 Å². The first kappa shape index (κ1) is 14.8. The molecule has 7 heteroatoms. The van der Waals surface area contributed by atoms with Crippen LogP contribution in [0.5, 0.6) is 0 Å². The van der Waals surface area contributed by atoms with E-state index in [9.17, 15) is 14.4 Å². The lowest BCUT2D eigenvalue weighted by Crippen LogP contribution is -2.15. The molecule has 0 unspecified atom stereocenters. The molecule has 0 spiro atoms. The third-order valence-electron chi connectivity index (χ3n) is 2.68. The largest absolute Gasteiger partial charge is 0.465 e. The zero-order valence-corrected chi connectivity index (χ0v) is 11.7. The maximum absolute atomic E-state index is 12.0. The van der Waals surface area contributed by atoms with Gasteiger partial charge in [0.1, 0.15) is 0 Å². The van der Waals surface area contributed by atoms with Crippen molar-refractivity contribution in [3.05, 3.63) is 63.0 Å². The van der Waals surface area contributed by atoms with E-state index < -0.39 is 11.9 Å². The zero-order chi connectivity index (χ0) is 15.4. The van der Waals surface area contributed by atoms with E-state index in [1.165, 1.54) is 43.6 Å². The fourth-order valence-electron chi connectivity index (χ4n) is 1.61. The molecule has 0 bridgehead atoms. The van der Waals surface area contributed by atoms with Crippen LogP contribution in [0.3, 0.4) is 0 Å². The molecule has 2 rings (SSSR count). The van der Waals surface area contributed by atoms with Crippen molar-refractivity contribution >= 4 is 29.2 Å². The molecular formula is C14H11ClN2O4. The zero-order valence-electron chi connectivity index (χ0n) is 11.0. The molecule has 0 aliphatic heterocycles. The molecule has 1 heterocycles. The molecule has 108 valence electrons. The van der Waals surface area contributed by atoms with Crippen molar-refractivity contribution in [2.24, 2.45) is 0 Å². The number of methoxy groups -OCH3 is 1. The van der Waals surface area contributed by atoms with Crippen molar-refractivity contribution in [1.29, 1.82) is 0 Å². The van der Waals surface area contributed by atoms with Gasteiger partial charge >= 0.3 is 5.97 Å². The van der Waals surface area contributed by atoms with Gasteiger partial charge in [0, 0.05) is 12.3 Å². The molecule has 1 aromatic heterocycles. The van der Waals surface area contributed by atoms with Crippen molar-refractivity contribution in [1.82, 2.24) is 4.98 Å². The summed E-state index contributed by atoms with van der Waals surface area (Å²) in [5, 5.41) is 2.84. The molecule has 0 saturated carbocycles. The highest BCUT2D eigenvalue weighted by Crippen LogP contribution is 2.24. The lowest BCUT2D eigenvalue weighted by atomic mass is 10.2. The smallest absolute Gasteiger partial charge is 0.337 e. The van der Waals surface area contributed by atoms with Gasteiger partial charge in [0.25, 0.3) is 5.91 Å². The Morgan fingerprint density at radius 3 is 2.52 bits per heavy atom. The molecule has 6 nitrogen and oxygen atoms in total. The van der Waals surface area contributed by atoms with Crippen LogP contribution in [0.4, 0.5) is 5.69 Å². The second kappa shape index (κ2) is 6.23. The quantitative estimate of drug-likeness (QED) is 0.850. The number of aromatic amines is 1. The third kappa shape index (κ3) is 3.49. The van der Waals surface area contributed by atoms with Crippen LogP contribution in [0.25, 0.3) is 0 Å². The number of pyridine rings is 1. The SMILES string of the molecule is COC(=O)c1ccc(Cl)c(NC(=O)c2ccc(=O)[nH]c2)c1. The van der Waals surface area contributed by atoms with Gasteiger partial charge in [-0.25, -0.2) is 4.79 Å². The monoisotopic (exact) mass is 306 g/mol. The molecule has 21 heavy (non-hydrogen) atoms. The Labute approximate surface area is 124 Å². The van der Waals surface area contributed by atoms with E-state index in [4.69, 9.17) is 11.6 Å². The van der Waals surface area contributed by atoms with Crippen molar-refractivity contribution in [3.8, 4) is 0 Å². The number of amides is 1. The number of hydrogen-bond donors (Lipinski definition) is 2. The highest BCUT2D eigenvalue weighted by Gasteiger charge is 2.12. The highest BCUT2D eigenvalue weighted by molar-refractivity contribution is 6.34. The average molecular weight is 307 g/mol. The molecule has 0 aliphatic rings. The summed E-state index contributed by atoms with van der Waals surface area (Å²) in [5.74, 6) is -0.999. The topological polar surface area (TPSA) is 88.3 Å². The molecule has 1 aromatic carbocycles. The summed E-state index contributed by atoms with van der Waals surface area (Å²) in [4.78, 5) is 36.8. The molecule has 0 atom stereocenters. The van der Waals surface area contributed by atoms with Crippen LogP contribution in [0, 0.1) is 0 Å². The van der Waals surface area contributed by atoms with E-state index in [2.05, 4.69) is 15.0 Å². The minimum Gasteiger partial charge on any atom is -0.465 e. The van der Waals surface area contributed by atoms with E-state index in [0.717, 1.165) is 0 Å². The summed E-state index contributed by atoms with van der Waals surface area (Å²) in [6.07, 6.45) is 1.29. The van der Waals surface area contributed by atoms with Gasteiger partial charge in [-0.05, 0) is 24.3 Å². The van der Waals surface area contributed by atoms with Crippen LogP contribution < -0.4 is 10.9 Å². The number of ether oxygens (including phenoxy) is 1. The molecule has 0 radical (unpaired) electrons. The molecule has 2 N–H and O–H groups in total. The second-order valence-corrected chi connectivity index (χ2v) is 4.49. The summed E-state index contributed by atoms with van der Waals surface area (Å²) in [5.41, 5.74) is 0.487. The van der Waals surface area contributed by atoms with Crippen LogP contribution >= 0.6 is 11.6 Å². The van der Waals surface area contributed by atoms with E-state index in [1.807, 2.05) is 0 Å². The number of carbonyl (C=O) groups excluding carboxylic acids is 2. The van der Waals surface area contributed by atoms with Crippen molar-refractivity contribution < 1.29 is 14.3 Å². The lowest BCUT2D eigenvalue weighted by Gasteiger charge is -2.08. The van der Waals surface area contributed by atoms with Crippen LogP contribution in [0.1, 0.15) is 20.7 Å². The number of hydrogen-bond acceptors (Lipinski definition) is 4. The number of rotatable bonds is 3. The fraction of sp³-hybridized carbons (Fsp3) is 0.0714. The normalized spacial score (nSPS) is 10.0. The van der Waals surface area contributed by atoms with E-state index in [0.29, 0.717) is 0 Å². The molecule has 0 aliphatic carbocycles. The Bertz CT molecular complexity index is 734. The number of aromatic nitrogens is 1. The predicted molar refractivity (Wildman–Crippen MR) is 77.8 cm³/mol. The van der Waals surface area contributed by atoms with Gasteiger partial charge in [0.2, 0.25) is 5.56 Å². The Hall–Kier alpha value is -2.60. The minimum absolute atomic E-state index is 0.258. The van der Waals surface area contributed by atoms with Crippen LogP contribution in [0.2, 0.25) is 5.02 Å². The van der Waals surface area contributed by atoms with Gasteiger partial charge < -0.3 is 15.0 Å². The summed E-state index contributed by atoms with van der Waals surface area (Å²) in [7, 11) is 1.26. The summed E-state index contributed by atoms with van der Waals surface area (Å²) in [6.45, 7) is 0. The Balaban J connectivity index is 2.26. The van der Waals surface area contributed by atoms with Gasteiger partial charge in [0.15, 0.2) is 0 Å². The standard InChI is InChI=1S/C14H11ClN2O4/c1-21-14(20)8-2-4-10(15)11(6-8)17-13(19)9-3-5-12(18)16-7-9/h2-7H,1H3,(H,16,18)(H,17,19). The Morgan fingerprint density at radius 1 is 1.19 bits per heavy atom. The van der Waals surface area contributed by atoms with E-state index in [-0.39, 0.29) is 27.4 Å². The maximum Gasteiger partial charge on any atom is 0.337 e. The first-order valence-corrected chi connectivity index (χ1v) is 6.27. The molecule has 2 aromatic rings. The molecule has 1 amide bonds. The predicted octanol–water partition coefficient (Wildman–Crippen LogP) is 2.07. The summed E-state index contributed by atoms with van der Waals surface area (Å²) >= 11 is 5.98. The van der Waals surface area contributed by atoms with Gasteiger partial charge in [-0.2, -0.15) is 0 Å². The van der Waals surface area contributed by atoms with Gasteiger partial charge in [-0.15, -0.1) is 0 Å². The maximum atomic E-state index is 12.0. The van der Waals surface area contributed by atoms with E-state index >= 15 is 0 Å². The summed E-state index contributed by atoms with van der Waals surface area (Å²) < 4.78 is 4.60. The molecule has 0 fully saturated rings. The number of esters is 1. The molecular weight excluding hydrogens is 296 g/mol. The number of halogens is 1. The number of carbonyl (C=O) groups is 2. The number of nitrogens with one attached hydrogen (secondary N) is 2.